The summed E-state index contributed by atoms with van der Waals surface area (Å²) in [6.07, 6.45) is 6.17. The van der Waals surface area contributed by atoms with Gasteiger partial charge in [-0.05, 0) is 36.6 Å². The van der Waals surface area contributed by atoms with Gasteiger partial charge in [-0.3, -0.25) is 4.79 Å². The van der Waals surface area contributed by atoms with Crippen molar-refractivity contribution in [2.24, 2.45) is 5.92 Å². The molecule has 0 saturated heterocycles. The molecule has 0 aliphatic heterocycles. The Kier molecular flexibility index (Phi) is 3.84. The van der Waals surface area contributed by atoms with E-state index in [9.17, 15) is 4.79 Å². The van der Waals surface area contributed by atoms with Crippen LogP contribution in [-0.4, -0.2) is 15.3 Å². The molecule has 5 nitrogen and oxygen atoms in total. The Labute approximate surface area is 140 Å². The maximum absolute atomic E-state index is 12.0. The summed E-state index contributed by atoms with van der Waals surface area (Å²) in [5.74, 6) is 3.31. The van der Waals surface area contributed by atoms with Crippen molar-refractivity contribution in [2.45, 2.75) is 38.6 Å². The van der Waals surface area contributed by atoms with Crippen LogP contribution < -0.4 is 5.32 Å². The van der Waals surface area contributed by atoms with Gasteiger partial charge in [-0.1, -0.05) is 13.0 Å². The maximum Gasteiger partial charge on any atom is 0.220 e. The zero-order chi connectivity index (χ0) is 16.5. The third kappa shape index (κ3) is 3.20. The fraction of sp³-hybridized carbons (Fsp3) is 0.368. The molecule has 1 aliphatic carbocycles. The van der Waals surface area contributed by atoms with Crippen LogP contribution in [0.15, 0.2) is 47.1 Å². The number of hydrogen-bond donors (Lipinski definition) is 1. The smallest absolute Gasteiger partial charge is 0.220 e. The zero-order valence-electron chi connectivity index (χ0n) is 13.7. The molecule has 124 valence electrons. The number of amides is 1. The van der Waals surface area contributed by atoms with Crippen molar-refractivity contribution >= 4 is 11.6 Å². The second kappa shape index (κ2) is 6.15. The Morgan fingerprint density at radius 1 is 1.38 bits per heavy atom. The van der Waals surface area contributed by atoms with Crippen LogP contribution in [0.5, 0.6) is 0 Å². The van der Waals surface area contributed by atoms with Crippen molar-refractivity contribution < 1.29 is 9.21 Å². The number of aromatic nitrogens is 2. The number of hydrogen-bond acceptors (Lipinski definition) is 3. The fourth-order valence-corrected chi connectivity index (χ4v) is 3.03. The standard InChI is InChI=1S/C19H21N3O2/c1-13-10-16(13)17-7-5-15(24-17)6-8-19(23)20-11-14-12-22-9-3-2-4-18(22)21-14/h2-5,7,9,12-13,16H,6,8,10-11H2,1H3,(H,20,23)/t13-,16-/m1/s1. The first-order valence-electron chi connectivity index (χ1n) is 8.47. The number of furan rings is 1. The molecule has 0 spiro atoms. The maximum atomic E-state index is 12.0. The topological polar surface area (TPSA) is 59.5 Å². The molecule has 4 rings (SSSR count). The molecular weight excluding hydrogens is 302 g/mol. The number of pyridine rings is 1. The minimum absolute atomic E-state index is 0.0183. The molecule has 3 aromatic heterocycles. The van der Waals surface area contributed by atoms with Crippen molar-refractivity contribution in [1.29, 1.82) is 0 Å². The Hall–Kier alpha value is -2.56. The van der Waals surface area contributed by atoms with Crippen molar-refractivity contribution in [3.8, 4) is 0 Å². The molecule has 0 bridgehead atoms. The lowest BCUT2D eigenvalue weighted by atomic mass is 10.2. The summed E-state index contributed by atoms with van der Waals surface area (Å²) in [7, 11) is 0. The van der Waals surface area contributed by atoms with E-state index in [1.54, 1.807) is 0 Å². The van der Waals surface area contributed by atoms with Crippen LogP contribution in [-0.2, 0) is 17.8 Å². The van der Waals surface area contributed by atoms with Gasteiger partial charge in [0, 0.05) is 31.2 Å². The summed E-state index contributed by atoms with van der Waals surface area (Å²) in [6.45, 7) is 2.68. The lowest BCUT2D eigenvalue weighted by molar-refractivity contribution is -0.121. The quantitative estimate of drug-likeness (QED) is 0.757. The molecule has 1 aliphatic rings. The highest BCUT2D eigenvalue weighted by atomic mass is 16.3. The van der Waals surface area contributed by atoms with Crippen molar-refractivity contribution in [1.82, 2.24) is 14.7 Å². The monoisotopic (exact) mass is 323 g/mol. The van der Waals surface area contributed by atoms with E-state index in [0.717, 1.165) is 28.8 Å². The Morgan fingerprint density at radius 2 is 2.25 bits per heavy atom. The van der Waals surface area contributed by atoms with E-state index < -0.39 is 0 Å². The van der Waals surface area contributed by atoms with Crippen molar-refractivity contribution in [3.05, 3.63) is 59.9 Å². The third-order valence-electron chi connectivity index (χ3n) is 4.64. The molecule has 1 fully saturated rings. The largest absolute Gasteiger partial charge is 0.466 e. The molecule has 1 N–H and O–H groups in total. The van der Waals surface area contributed by atoms with Gasteiger partial charge in [0.25, 0.3) is 0 Å². The van der Waals surface area contributed by atoms with Crippen molar-refractivity contribution in [3.63, 3.8) is 0 Å². The van der Waals surface area contributed by atoms with Crippen LogP contribution >= 0.6 is 0 Å². The molecule has 5 heteroatoms. The van der Waals surface area contributed by atoms with E-state index in [0.29, 0.717) is 25.3 Å². The Morgan fingerprint density at radius 3 is 3.04 bits per heavy atom. The van der Waals surface area contributed by atoms with E-state index in [2.05, 4.69) is 23.3 Å². The van der Waals surface area contributed by atoms with Gasteiger partial charge in [-0.25, -0.2) is 4.98 Å². The zero-order valence-corrected chi connectivity index (χ0v) is 13.7. The fourth-order valence-electron chi connectivity index (χ4n) is 3.03. The van der Waals surface area contributed by atoms with Gasteiger partial charge in [-0.15, -0.1) is 0 Å². The molecular formula is C19H21N3O2. The molecule has 3 heterocycles. The number of nitrogens with zero attached hydrogens (tertiary/aromatic N) is 2. The highest BCUT2D eigenvalue weighted by molar-refractivity contribution is 5.76. The van der Waals surface area contributed by atoms with Crippen LogP contribution in [0.3, 0.4) is 0 Å². The lowest BCUT2D eigenvalue weighted by Gasteiger charge is -2.02. The van der Waals surface area contributed by atoms with E-state index >= 15 is 0 Å². The second-order valence-electron chi connectivity index (χ2n) is 6.60. The Bertz CT molecular complexity index is 831. The van der Waals surface area contributed by atoms with E-state index in [-0.39, 0.29) is 5.91 Å². The lowest BCUT2D eigenvalue weighted by Crippen LogP contribution is -2.23. The van der Waals surface area contributed by atoms with Gasteiger partial charge in [-0.2, -0.15) is 0 Å². The van der Waals surface area contributed by atoms with Crippen LogP contribution in [0.25, 0.3) is 5.65 Å². The predicted molar refractivity (Wildman–Crippen MR) is 90.6 cm³/mol. The van der Waals surface area contributed by atoms with Gasteiger partial charge in [0.1, 0.15) is 17.2 Å². The van der Waals surface area contributed by atoms with Gasteiger partial charge >= 0.3 is 0 Å². The average Bonchev–Trinajstić information content (AvgIpc) is 3.02. The van der Waals surface area contributed by atoms with E-state index in [1.165, 1.54) is 6.42 Å². The molecule has 24 heavy (non-hydrogen) atoms. The first kappa shape index (κ1) is 15.0. The van der Waals surface area contributed by atoms with Crippen molar-refractivity contribution in [2.75, 3.05) is 0 Å². The van der Waals surface area contributed by atoms with E-state index in [4.69, 9.17) is 4.42 Å². The summed E-state index contributed by atoms with van der Waals surface area (Å²) in [4.78, 5) is 16.5. The highest BCUT2D eigenvalue weighted by Gasteiger charge is 2.36. The third-order valence-corrected chi connectivity index (χ3v) is 4.64. The summed E-state index contributed by atoms with van der Waals surface area (Å²) in [6, 6.07) is 9.90. The average molecular weight is 323 g/mol. The normalized spacial score (nSPS) is 19.5. The SMILES string of the molecule is C[C@@H]1C[C@H]1c1ccc(CCC(=O)NCc2cn3ccccc3n2)o1. The summed E-state index contributed by atoms with van der Waals surface area (Å²) in [5, 5.41) is 2.92. The van der Waals surface area contributed by atoms with Crippen LogP contribution in [0, 0.1) is 5.92 Å². The van der Waals surface area contributed by atoms with E-state index in [1.807, 2.05) is 41.1 Å². The molecule has 0 unspecified atom stereocenters. The molecule has 1 amide bonds. The summed E-state index contributed by atoms with van der Waals surface area (Å²) >= 11 is 0. The highest BCUT2D eigenvalue weighted by Crippen LogP contribution is 2.47. The first-order chi connectivity index (χ1) is 11.7. The number of aryl methyl sites for hydroxylation is 1. The minimum Gasteiger partial charge on any atom is -0.466 e. The minimum atomic E-state index is 0.0183. The molecule has 2 atom stereocenters. The van der Waals surface area contributed by atoms with Gasteiger partial charge in [0.15, 0.2) is 0 Å². The first-order valence-corrected chi connectivity index (χ1v) is 8.47. The molecule has 3 aromatic rings. The number of carbonyl (C=O) groups excluding carboxylic acids is 1. The number of rotatable bonds is 6. The second-order valence-corrected chi connectivity index (χ2v) is 6.60. The Balaban J connectivity index is 1.26. The van der Waals surface area contributed by atoms with Crippen LogP contribution in [0.4, 0.5) is 0 Å². The van der Waals surface area contributed by atoms with Gasteiger partial charge in [0.05, 0.1) is 12.2 Å². The number of imidazole rings is 1. The summed E-state index contributed by atoms with van der Waals surface area (Å²) in [5.41, 5.74) is 1.75. The molecule has 0 radical (unpaired) electrons. The van der Waals surface area contributed by atoms with Crippen LogP contribution in [0.2, 0.25) is 0 Å². The van der Waals surface area contributed by atoms with Gasteiger partial charge in [0.2, 0.25) is 5.91 Å². The van der Waals surface area contributed by atoms with Crippen LogP contribution in [0.1, 0.15) is 42.9 Å². The number of nitrogens with one attached hydrogen (secondary N) is 1. The predicted octanol–water partition coefficient (Wildman–Crippen LogP) is 3.30. The molecule has 0 aromatic carbocycles. The summed E-state index contributed by atoms with van der Waals surface area (Å²) < 4.78 is 7.78. The van der Waals surface area contributed by atoms with Gasteiger partial charge < -0.3 is 14.1 Å². The number of fused-ring (bicyclic) bond motifs is 1. The number of carbonyl (C=O) groups is 1. The molecule has 1 saturated carbocycles.